The zero-order chi connectivity index (χ0) is 26.7. The van der Waals surface area contributed by atoms with Crippen LogP contribution in [0.3, 0.4) is 0 Å². The Morgan fingerprint density at radius 2 is 1.58 bits per heavy atom. The summed E-state index contributed by atoms with van der Waals surface area (Å²) in [5.41, 5.74) is 1.44. The van der Waals surface area contributed by atoms with Crippen molar-refractivity contribution in [2.75, 3.05) is 14.2 Å². The first kappa shape index (κ1) is 27.1. The number of hydrogen-bond acceptors (Lipinski definition) is 7. The van der Waals surface area contributed by atoms with Gasteiger partial charge in [-0.05, 0) is 57.4 Å². The van der Waals surface area contributed by atoms with Gasteiger partial charge < -0.3 is 23.9 Å². The summed E-state index contributed by atoms with van der Waals surface area (Å²) in [5, 5.41) is 10.6. The molecule has 3 rings (SSSR count). The third-order valence-corrected chi connectivity index (χ3v) is 5.43. The number of aliphatic hydroxyl groups is 1. The molecule has 0 bridgehead atoms. The van der Waals surface area contributed by atoms with Crippen molar-refractivity contribution in [2.45, 2.75) is 59.0 Å². The number of carbonyl (C=O) groups is 2. The molecule has 0 aliphatic rings. The fourth-order valence-corrected chi connectivity index (χ4v) is 3.86. The number of carbonyl (C=O) groups excluding carboxylic acids is 2. The van der Waals surface area contributed by atoms with Crippen LogP contribution in [0.5, 0.6) is 0 Å². The molecular weight excluding hydrogens is 460 g/mol. The Morgan fingerprint density at radius 1 is 0.944 bits per heavy atom. The Morgan fingerprint density at radius 3 is 2.14 bits per heavy atom. The monoisotopic (exact) mass is 494 g/mol. The highest BCUT2D eigenvalue weighted by Crippen LogP contribution is 2.29. The van der Waals surface area contributed by atoms with Crippen LogP contribution >= 0.6 is 0 Å². The van der Waals surface area contributed by atoms with Crippen LogP contribution in [0.4, 0.5) is 0 Å². The summed E-state index contributed by atoms with van der Waals surface area (Å²) in [6, 6.07) is 15.0. The lowest BCUT2D eigenvalue weighted by Crippen LogP contribution is -2.24. The van der Waals surface area contributed by atoms with E-state index in [-0.39, 0.29) is 24.0 Å². The summed E-state index contributed by atoms with van der Waals surface area (Å²) in [6.45, 7) is 9.10. The van der Waals surface area contributed by atoms with Gasteiger partial charge in [0.25, 0.3) is 0 Å². The summed E-state index contributed by atoms with van der Waals surface area (Å²) in [5.74, 6) is -0.481. The number of nitrogens with zero attached hydrogens (tertiary/aromatic N) is 2. The Hall–Kier alpha value is -3.49. The summed E-state index contributed by atoms with van der Waals surface area (Å²) in [6.07, 6.45) is 0. The van der Waals surface area contributed by atoms with Crippen molar-refractivity contribution < 1.29 is 28.9 Å². The summed E-state index contributed by atoms with van der Waals surface area (Å²) in [7, 11) is 2.83. The van der Waals surface area contributed by atoms with Crippen molar-refractivity contribution in [2.24, 2.45) is 0 Å². The molecule has 0 fully saturated rings. The first-order valence-electron chi connectivity index (χ1n) is 11.7. The van der Waals surface area contributed by atoms with Gasteiger partial charge in [-0.25, -0.2) is 14.6 Å². The summed E-state index contributed by atoms with van der Waals surface area (Å²) in [4.78, 5) is 29.9. The van der Waals surface area contributed by atoms with E-state index in [0.717, 1.165) is 16.7 Å². The molecule has 8 heteroatoms. The maximum absolute atomic E-state index is 12.8. The lowest BCUT2D eigenvalue weighted by molar-refractivity contribution is 0.00701. The van der Waals surface area contributed by atoms with Gasteiger partial charge in [0.1, 0.15) is 29.3 Å². The minimum atomic E-state index is -1.35. The van der Waals surface area contributed by atoms with E-state index in [2.05, 4.69) is 4.98 Å². The standard InChI is InChI=1S/C28H34N2O6/c1-27(2,3)36-25(31)21-11-9-8-10-20(21)19-14-12-18(13-15-19)16-30-22(17-34-6)29-24(28(4,5)33)23(30)26(32)35-7/h8-15,33H,16-17H2,1-7H3. The molecule has 1 heterocycles. The van der Waals surface area contributed by atoms with Gasteiger partial charge >= 0.3 is 11.9 Å². The SMILES string of the molecule is COCc1nc(C(C)(C)O)c(C(=O)OC)n1Cc1ccc(-c2ccccc2C(=O)OC(C)(C)C)cc1. The third kappa shape index (κ3) is 6.19. The van der Waals surface area contributed by atoms with Crippen LogP contribution in [0.15, 0.2) is 48.5 Å². The van der Waals surface area contributed by atoms with Crippen LogP contribution in [0.1, 0.15) is 72.5 Å². The molecule has 2 aromatic carbocycles. The Labute approximate surface area is 211 Å². The number of imidazole rings is 1. The van der Waals surface area contributed by atoms with Crippen molar-refractivity contribution in [3.8, 4) is 11.1 Å². The smallest absolute Gasteiger partial charge is 0.356 e. The van der Waals surface area contributed by atoms with Crippen LogP contribution < -0.4 is 0 Å². The highest BCUT2D eigenvalue weighted by atomic mass is 16.6. The van der Waals surface area contributed by atoms with Crippen LogP contribution in [-0.2, 0) is 33.0 Å². The van der Waals surface area contributed by atoms with Crippen LogP contribution in [0.25, 0.3) is 11.1 Å². The van der Waals surface area contributed by atoms with Crippen molar-refractivity contribution in [3.05, 3.63) is 76.9 Å². The highest BCUT2D eigenvalue weighted by Gasteiger charge is 2.32. The van der Waals surface area contributed by atoms with Crippen LogP contribution in [-0.4, -0.2) is 46.4 Å². The molecule has 0 radical (unpaired) electrons. The Bertz CT molecular complexity index is 1230. The fraction of sp³-hybridized carbons (Fsp3) is 0.393. The molecule has 0 aliphatic heterocycles. The van der Waals surface area contributed by atoms with Gasteiger partial charge in [0.2, 0.25) is 0 Å². The van der Waals surface area contributed by atoms with Gasteiger partial charge in [0, 0.05) is 13.7 Å². The van der Waals surface area contributed by atoms with E-state index in [1.165, 1.54) is 14.2 Å². The van der Waals surface area contributed by atoms with Crippen molar-refractivity contribution in [3.63, 3.8) is 0 Å². The molecule has 3 aromatic rings. The van der Waals surface area contributed by atoms with Crippen LogP contribution in [0.2, 0.25) is 0 Å². The molecular formula is C28H34N2O6. The number of ether oxygens (including phenoxy) is 3. The molecule has 0 saturated carbocycles. The predicted octanol–water partition coefficient (Wildman–Crippen LogP) is 4.71. The number of methoxy groups -OCH3 is 2. The second-order valence-corrected chi connectivity index (χ2v) is 10.0. The molecule has 0 spiro atoms. The minimum absolute atomic E-state index is 0.154. The molecule has 1 aromatic heterocycles. The average molecular weight is 495 g/mol. The molecule has 0 saturated heterocycles. The number of hydrogen-bond donors (Lipinski definition) is 1. The first-order valence-corrected chi connectivity index (χ1v) is 11.7. The first-order chi connectivity index (χ1) is 16.9. The second kappa shape index (κ2) is 10.6. The molecule has 8 nitrogen and oxygen atoms in total. The lowest BCUT2D eigenvalue weighted by atomic mass is 9.98. The minimum Gasteiger partial charge on any atom is -0.464 e. The highest BCUT2D eigenvalue weighted by molar-refractivity contribution is 5.97. The third-order valence-electron chi connectivity index (χ3n) is 5.43. The van der Waals surface area contributed by atoms with Gasteiger partial charge in [-0.3, -0.25) is 0 Å². The second-order valence-electron chi connectivity index (χ2n) is 10.0. The fourth-order valence-electron chi connectivity index (χ4n) is 3.86. The number of aromatic nitrogens is 2. The molecule has 0 aliphatic carbocycles. The topological polar surface area (TPSA) is 99.9 Å². The maximum Gasteiger partial charge on any atom is 0.356 e. The van der Waals surface area contributed by atoms with Gasteiger partial charge in [-0.15, -0.1) is 0 Å². The predicted molar refractivity (Wildman–Crippen MR) is 136 cm³/mol. The molecule has 0 atom stereocenters. The van der Waals surface area contributed by atoms with Crippen molar-refractivity contribution in [1.82, 2.24) is 9.55 Å². The zero-order valence-electron chi connectivity index (χ0n) is 21.9. The molecule has 36 heavy (non-hydrogen) atoms. The normalized spacial score (nSPS) is 11.9. The Kier molecular flexibility index (Phi) is 8.01. The molecule has 0 amide bonds. The zero-order valence-corrected chi connectivity index (χ0v) is 21.9. The number of rotatable bonds is 8. The summed E-state index contributed by atoms with van der Waals surface area (Å²) < 4.78 is 17.6. The summed E-state index contributed by atoms with van der Waals surface area (Å²) >= 11 is 0. The molecule has 192 valence electrons. The van der Waals surface area contributed by atoms with Gasteiger partial charge in [-0.2, -0.15) is 0 Å². The van der Waals surface area contributed by atoms with E-state index >= 15 is 0 Å². The van der Waals surface area contributed by atoms with E-state index in [9.17, 15) is 14.7 Å². The van der Waals surface area contributed by atoms with E-state index < -0.39 is 17.2 Å². The maximum atomic E-state index is 12.8. The van der Waals surface area contributed by atoms with Crippen LogP contribution in [0, 0.1) is 0 Å². The van der Waals surface area contributed by atoms with E-state index in [1.54, 1.807) is 24.5 Å². The number of esters is 2. The largest absolute Gasteiger partial charge is 0.464 e. The lowest BCUT2D eigenvalue weighted by Gasteiger charge is -2.20. The van der Waals surface area contributed by atoms with E-state index in [4.69, 9.17) is 14.2 Å². The molecule has 0 unspecified atom stereocenters. The van der Waals surface area contributed by atoms with E-state index in [1.807, 2.05) is 63.2 Å². The van der Waals surface area contributed by atoms with Gasteiger partial charge in [-0.1, -0.05) is 42.5 Å². The number of benzene rings is 2. The molecule has 1 N–H and O–H groups in total. The van der Waals surface area contributed by atoms with Crippen molar-refractivity contribution >= 4 is 11.9 Å². The van der Waals surface area contributed by atoms with Gasteiger partial charge in [0.05, 0.1) is 12.7 Å². The average Bonchev–Trinajstić information content (AvgIpc) is 3.16. The van der Waals surface area contributed by atoms with Crippen molar-refractivity contribution in [1.29, 1.82) is 0 Å². The Balaban J connectivity index is 1.99. The van der Waals surface area contributed by atoms with Gasteiger partial charge in [0.15, 0.2) is 5.69 Å². The quantitative estimate of drug-likeness (QED) is 0.453. The van der Waals surface area contributed by atoms with E-state index in [0.29, 0.717) is 17.9 Å².